The zero-order valence-corrected chi connectivity index (χ0v) is 14.3. The van der Waals surface area contributed by atoms with Gasteiger partial charge in [-0.25, -0.2) is 13.6 Å². The van der Waals surface area contributed by atoms with Gasteiger partial charge in [0, 0.05) is 19.2 Å². The van der Waals surface area contributed by atoms with E-state index in [0.29, 0.717) is 17.7 Å². The number of carbonyl (C=O) groups is 1. The van der Waals surface area contributed by atoms with Crippen molar-refractivity contribution in [3.05, 3.63) is 28.8 Å². The highest BCUT2D eigenvalue weighted by molar-refractivity contribution is 7.89. The number of benzene rings is 1. The Kier molecular flexibility index (Phi) is 4.85. The molecule has 0 radical (unpaired) electrons. The second-order valence-electron chi connectivity index (χ2n) is 6.68. The van der Waals surface area contributed by atoms with Gasteiger partial charge in [-0.15, -0.1) is 0 Å². The first-order valence-corrected chi connectivity index (χ1v) is 8.27. The smallest absolute Gasteiger partial charge is 0.253 e. The van der Waals surface area contributed by atoms with Gasteiger partial charge in [-0.2, -0.15) is 0 Å². The Balaban J connectivity index is 3.27. The van der Waals surface area contributed by atoms with E-state index in [1.807, 2.05) is 20.8 Å². The normalized spacial score (nSPS) is 12.3. The second-order valence-corrected chi connectivity index (χ2v) is 8.21. The number of sulfonamides is 1. The van der Waals surface area contributed by atoms with Crippen molar-refractivity contribution in [2.24, 2.45) is 10.6 Å². The number of rotatable bonds is 3. The van der Waals surface area contributed by atoms with Crippen LogP contribution in [0.25, 0.3) is 0 Å². The van der Waals surface area contributed by atoms with Crippen molar-refractivity contribution in [1.82, 2.24) is 4.90 Å². The molecule has 0 bridgehead atoms. The van der Waals surface area contributed by atoms with E-state index in [-0.39, 0.29) is 16.2 Å². The van der Waals surface area contributed by atoms with Crippen LogP contribution in [0.3, 0.4) is 0 Å². The predicted octanol–water partition coefficient (Wildman–Crippen LogP) is 2.07. The first kappa shape index (κ1) is 17.7. The van der Waals surface area contributed by atoms with Gasteiger partial charge in [0.15, 0.2) is 0 Å². The molecule has 0 atom stereocenters. The molecule has 0 aliphatic carbocycles. The highest BCUT2D eigenvalue weighted by Gasteiger charge is 2.22. The van der Waals surface area contributed by atoms with Gasteiger partial charge in [0.25, 0.3) is 5.91 Å². The van der Waals surface area contributed by atoms with Crippen molar-refractivity contribution in [2.75, 3.05) is 13.6 Å². The molecule has 0 aliphatic rings. The van der Waals surface area contributed by atoms with Crippen molar-refractivity contribution in [1.29, 1.82) is 0 Å². The molecule has 0 aromatic heterocycles. The average molecular weight is 312 g/mol. The van der Waals surface area contributed by atoms with Crippen molar-refractivity contribution >= 4 is 15.9 Å². The molecule has 1 aromatic rings. The fourth-order valence-corrected chi connectivity index (χ4v) is 3.13. The fraction of sp³-hybridized carbons (Fsp3) is 0.533. The third-order valence-corrected chi connectivity index (χ3v) is 4.27. The van der Waals surface area contributed by atoms with Crippen molar-refractivity contribution in [2.45, 2.75) is 39.5 Å². The molecule has 0 saturated carbocycles. The molecule has 2 N–H and O–H groups in total. The van der Waals surface area contributed by atoms with E-state index in [1.54, 1.807) is 31.9 Å². The summed E-state index contributed by atoms with van der Waals surface area (Å²) in [6.45, 7) is 10.1. The Bertz CT molecular complexity index is 658. The van der Waals surface area contributed by atoms with Crippen LogP contribution in [0.2, 0.25) is 0 Å². The van der Waals surface area contributed by atoms with Gasteiger partial charge < -0.3 is 4.90 Å². The van der Waals surface area contributed by atoms with Crippen molar-refractivity contribution in [3.8, 4) is 0 Å². The molecular weight excluding hydrogens is 288 g/mol. The molecule has 0 heterocycles. The third-order valence-electron chi connectivity index (χ3n) is 3.23. The van der Waals surface area contributed by atoms with Gasteiger partial charge in [-0.05, 0) is 42.5 Å². The molecule has 118 valence electrons. The van der Waals surface area contributed by atoms with Gasteiger partial charge in [-0.3, -0.25) is 4.79 Å². The Morgan fingerprint density at radius 3 is 2.19 bits per heavy atom. The summed E-state index contributed by atoms with van der Waals surface area (Å²) in [7, 11) is -2.14. The van der Waals surface area contributed by atoms with E-state index in [9.17, 15) is 13.2 Å². The minimum atomic E-state index is -3.84. The molecule has 1 rings (SSSR count). The summed E-state index contributed by atoms with van der Waals surface area (Å²) < 4.78 is 23.3. The van der Waals surface area contributed by atoms with Crippen LogP contribution in [0.1, 0.15) is 42.3 Å². The first-order valence-electron chi connectivity index (χ1n) is 6.72. The quantitative estimate of drug-likeness (QED) is 0.927. The van der Waals surface area contributed by atoms with E-state index in [2.05, 4.69) is 0 Å². The molecule has 6 heteroatoms. The summed E-state index contributed by atoms with van der Waals surface area (Å²) in [4.78, 5) is 14.1. The van der Waals surface area contributed by atoms with Crippen LogP contribution in [0.15, 0.2) is 17.0 Å². The Hall–Kier alpha value is -1.40. The Morgan fingerprint density at radius 2 is 1.76 bits per heavy atom. The number of aryl methyl sites for hydroxylation is 1. The van der Waals surface area contributed by atoms with Gasteiger partial charge >= 0.3 is 0 Å². The number of carbonyl (C=O) groups excluding carboxylic acids is 1. The minimum Gasteiger partial charge on any atom is -0.341 e. The van der Waals surface area contributed by atoms with E-state index >= 15 is 0 Å². The minimum absolute atomic E-state index is 0.00927. The summed E-state index contributed by atoms with van der Waals surface area (Å²) >= 11 is 0. The van der Waals surface area contributed by atoms with Gasteiger partial charge in [-0.1, -0.05) is 20.8 Å². The van der Waals surface area contributed by atoms with E-state index in [0.717, 1.165) is 5.56 Å². The molecule has 0 fully saturated rings. The van der Waals surface area contributed by atoms with Gasteiger partial charge in [0.1, 0.15) is 0 Å². The maximum absolute atomic E-state index is 12.5. The zero-order chi connectivity index (χ0) is 16.6. The number of primary sulfonamides is 1. The topological polar surface area (TPSA) is 80.5 Å². The molecule has 5 nitrogen and oxygen atoms in total. The lowest BCUT2D eigenvalue weighted by molar-refractivity contribution is 0.0745. The molecule has 1 aromatic carbocycles. The largest absolute Gasteiger partial charge is 0.341 e. The molecule has 21 heavy (non-hydrogen) atoms. The van der Waals surface area contributed by atoms with Crippen LogP contribution in [0.5, 0.6) is 0 Å². The second kappa shape index (κ2) is 5.77. The van der Waals surface area contributed by atoms with Gasteiger partial charge in [0.05, 0.1) is 4.90 Å². The number of nitrogens with zero attached hydrogens (tertiary/aromatic N) is 1. The lowest BCUT2D eigenvalue weighted by Crippen LogP contribution is -2.34. The lowest BCUT2D eigenvalue weighted by Gasteiger charge is -2.27. The standard InChI is InChI=1S/C15H24N2O3S/c1-10-7-12(8-13(11(10)2)21(16,19)20)14(18)17(6)9-15(3,4)5/h7-8H,9H2,1-6H3,(H2,16,19,20). The van der Waals surface area contributed by atoms with Crippen LogP contribution in [-0.4, -0.2) is 32.8 Å². The summed E-state index contributed by atoms with van der Waals surface area (Å²) in [5.41, 5.74) is 1.61. The van der Waals surface area contributed by atoms with Crippen LogP contribution < -0.4 is 5.14 Å². The van der Waals surface area contributed by atoms with Crippen molar-refractivity contribution < 1.29 is 13.2 Å². The van der Waals surface area contributed by atoms with E-state index < -0.39 is 10.0 Å². The van der Waals surface area contributed by atoms with Crippen LogP contribution >= 0.6 is 0 Å². The summed E-state index contributed by atoms with van der Waals surface area (Å²) in [6.07, 6.45) is 0. The fourth-order valence-electron chi connectivity index (χ4n) is 2.25. The van der Waals surface area contributed by atoms with Crippen molar-refractivity contribution in [3.63, 3.8) is 0 Å². The third kappa shape index (κ3) is 4.54. The summed E-state index contributed by atoms with van der Waals surface area (Å²) in [5, 5.41) is 5.22. The van der Waals surface area contributed by atoms with E-state index in [1.165, 1.54) is 6.07 Å². The van der Waals surface area contributed by atoms with Crippen LogP contribution in [-0.2, 0) is 10.0 Å². The van der Waals surface area contributed by atoms with E-state index in [4.69, 9.17) is 5.14 Å². The van der Waals surface area contributed by atoms with Gasteiger partial charge in [0.2, 0.25) is 10.0 Å². The van der Waals surface area contributed by atoms with Crippen LogP contribution in [0, 0.1) is 19.3 Å². The maximum atomic E-state index is 12.5. The monoisotopic (exact) mass is 312 g/mol. The molecule has 0 saturated heterocycles. The zero-order valence-electron chi connectivity index (χ0n) is 13.5. The predicted molar refractivity (Wildman–Crippen MR) is 83.7 cm³/mol. The number of hydrogen-bond donors (Lipinski definition) is 1. The van der Waals surface area contributed by atoms with Crippen LogP contribution in [0.4, 0.5) is 0 Å². The number of hydrogen-bond acceptors (Lipinski definition) is 3. The SMILES string of the molecule is Cc1cc(C(=O)N(C)CC(C)(C)C)cc(S(N)(=O)=O)c1C. The number of nitrogens with two attached hydrogens (primary N) is 1. The highest BCUT2D eigenvalue weighted by atomic mass is 32.2. The summed E-state index contributed by atoms with van der Waals surface area (Å²) in [6, 6.07) is 3.06. The number of amides is 1. The average Bonchev–Trinajstić information content (AvgIpc) is 2.27. The Morgan fingerprint density at radius 1 is 1.24 bits per heavy atom. The lowest BCUT2D eigenvalue weighted by atomic mass is 9.96. The molecular formula is C15H24N2O3S. The molecule has 0 aliphatic heterocycles. The first-order chi connectivity index (χ1) is 9.33. The Labute approximate surface area is 127 Å². The maximum Gasteiger partial charge on any atom is 0.253 e. The summed E-state index contributed by atoms with van der Waals surface area (Å²) in [5.74, 6) is -0.210. The molecule has 1 amide bonds. The molecule has 0 spiro atoms. The highest BCUT2D eigenvalue weighted by Crippen LogP contribution is 2.22. The molecule has 0 unspecified atom stereocenters.